The van der Waals surface area contributed by atoms with Gasteiger partial charge in [0.25, 0.3) is 0 Å². The summed E-state index contributed by atoms with van der Waals surface area (Å²) in [6, 6.07) is 0. The highest BCUT2D eigenvalue weighted by atomic mass is 16.7. The second-order valence-electron chi connectivity index (χ2n) is 11.5. The van der Waals surface area contributed by atoms with Crippen molar-refractivity contribution in [1.82, 2.24) is 0 Å². The third-order valence-electron chi connectivity index (χ3n) is 6.50. The van der Waals surface area contributed by atoms with Crippen LogP contribution in [0.3, 0.4) is 0 Å². The lowest BCUT2D eigenvalue weighted by Gasteiger charge is -2.28. The summed E-state index contributed by atoms with van der Waals surface area (Å²) in [5.74, 6) is -3.44. The summed E-state index contributed by atoms with van der Waals surface area (Å²) >= 11 is 0. The Hall–Kier alpha value is -4.20. The monoisotopic (exact) mass is 762 g/mol. The molecule has 0 aliphatic carbocycles. The second-order valence-corrected chi connectivity index (χ2v) is 11.5. The van der Waals surface area contributed by atoms with Crippen LogP contribution in [0.25, 0.3) is 0 Å². The van der Waals surface area contributed by atoms with E-state index < -0.39 is 41.2 Å². The van der Waals surface area contributed by atoms with Gasteiger partial charge in [-0.3, -0.25) is 14.4 Å². The number of ether oxygens (including phenoxy) is 12. The topological polar surface area (TPSA) is 213 Å². The van der Waals surface area contributed by atoms with Gasteiger partial charge in [0.1, 0.15) is 40.2 Å². The molecule has 0 aromatic heterocycles. The number of hydrogen-bond acceptors (Lipinski definition) is 18. The third kappa shape index (κ3) is 26.3. The van der Waals surface area contributed by atoms with Crippen LogP contribution in [-0.2, 0) is 85.6 Å². The van der Waals surface area contributed by atoms with E-state index in [1.807, 2.05) is 0 Å². The van der Waals surface area contributed by atoms with E-state index in [1.54, 1.807) is 6.92 Å². The Bertz CT molecular complexity index is 1120. The molecule has 0 unspecified atom stereocenters. The zero-order valence-corrected chi connectivity index (χ0v) is 31.2. The third-order valence-corrected chi connectivity index (χ3v) is 6.50. The summed E-state index contributed by atoms with van der Waals surface area (Å²) in [5.41, 5.74) is -0.629. The molecule has 18 heteroatoms. The highest BCUT2D eigenvalue weighted by molar-refractivity contribution is 5.89. The molecule has 0 amide bonds. The smallest absolute Gasteiger partial charge is 0.336 e. The van der Waals surface area contributed by atoms with Crippen molar-refractivity contribution in [2.75, 3.05) is 101 Å². The predicted octanol–water partition coefficient (Wildman–Crippen LogP) is 2.12. The Morgan fingerprint density at radius 2 is 0.792 bits per heavy atom. The molecule has 0 fully saturated rings. The van der Waals surface area contributed by atoms with E-state index in [9.17, 15) is 28.8 Å². The van der Waals surface area contributed by atoms with Crippen molar-refractivity contribution in [2.45, 2.75) is 45.4 Å². The van der Waals surface area contributed by atoms with Gasteiger partial charge in [-0.1, -0.05) is 26.7 Å². The van der Waals surface area contributed by atoms with Gasteiger partial charge < -0.3 is 56.8 Å². The van der Waals surface area contributed by atoms with E-state index in [4.69, 9.17) is 42.6 Å². The van der Waals surface area contributed by atoms with Crippen molar-refractivity contribution in [3.8, 4) is 0 Å². The van der Waals surface area contributed by atoms with Crippen molar-refractivity contribution >= 4 is 35.8 Å². The lowest BCUT2D eigenvalue weighted by Crippen LogP contribution is -2.36. The molecule has 53 heavy (non-hydrogen) atoms. The normalized spacial score (nSPS) is 10.9. The molecule has 0 spiro atoms. The molecular formula is C35H54O18. The average Bonchev–Trinajstić information content (AvgIpc) is 3.15. The predicted molar refractivity (Wildman–Crippen MR) is 182 cm³/mol. The molecule has 0 rings (SSSR count). The fraction of sp³-hybridized carbons (Fsp3) is 0.657. The number of carbonyl (C=O) groups is 6. The summed E-state index contributed by atoms with van der Waals surface area (Å²) in [5, 5.41) is 0. The first kappa shape index (κ1) is 48.8. The zero-order valence-electron chi connectivity index (χ0n) is 31.2. The molecule has 0 N–H and O–H groups in total. The van der Waals surface area contributed by atoms with Crippen LogP contribution in [0.1, 0.15) is 45.4 Å². The first-order valence-corrected chi connectivity index (χ1v) is 16.5. The maximum absolute atomic E-state index is 12.4. The Labute approximate surface area is 309 Å². The van der Waals surface area contributed by atoms with Crippen molar-refractivity contribution < 1.29 is 85.6 Å². The van der Waals surface area contributed by atoms with Crippen molar-refractivity contribution in [2.24, 2.45) is 5.41 Å². The zero-order chi connectivity index (χ0) is 39.9. The standard InChI is InChI=1S/C35H54O18/c1-26(32(39)42-5)17-48-23-45-14-10-13-31(38)53-22-35(4,20-49-24-46-15-8-11-29(36)51-18-27(2)33(40)43-6)21-50-25-47-16-9-12-30(37)52-19-28(3)34(41)44-7/h1-3,8-25H2,4-7H3. The summed E-state index contributed by atoms with van der Waals surface area (Å²) in [7, 11) is 3.64. The minimum atomic E-state index is -0.813. The molecule has 0 saturated heterocycles. The van der Waals surface area contributed by atoms with Gasteiger partial charge in [-0.05, 0) is 19.3 Å². The fourth-order valence-corrected chi connectivity index (χ4v) is 3.59. The van der Waals surface area contributed by atoms with Crippen LogP contribution in [0, 0.1) is 5.41 Å². The van der Waals surface area contributed by atoms with E-state index in [0.717, 1.165) is 0 Å². The number of rotatable bonds is 33. The largest absolute Gasteiger partial charge is 0.466 e. The van der Waals surface area contributed by atoms with E-state index in [-0.39, 0.29) is 116 Å². The van der Waals surface area contributed by atoms with Crippen molar-refractivity contribution in [3.05, 3.63) is 36.5 Å². The molecule has 0 aliphatic heterocycles. The summed E-state index contributed by atoms with van der Waals surface area (Å²) in [4.78, 5) is 70.0. The number of carbonyl (C=O) groups excluding carboxylic acids is 6. The van der Waals surface area contributed by atoms with Crippen LogP contribution in [-0.4, -0.2) is 137 Å². The lowest BCUT2D eigenvalue weighted by atomic mass is 9.94. The van der Waals surface area contributed by atoms with Crippen LogP contribution in [0.2, 0.25) is 0 Å². The van der Waals surface area contributed by atoms with Gasteiger partial charge in [0, 0.05) is 44.5 Å². The first-order chi connectivity index (χ1) is 25.3. The van der Waals surface area contributed by atoms with Crippen LogP contribution in [0.5, 0.6) is 0 Å². The molecule has 0 aliphatic rings. The fourth-order valence-electron chi connectivity index (χ4n) is 3.59. The average molecular weight is 763 g/mol. The maximum Gasteiger partial charge on any atom is 0.336 e. The van der Waals surface area contributed by atoms with Crippen LogP contribution >= 0.6 is 0 Å². The highest BCUT2D eigenvalue weighted by Gasteiger charge is 2.28. The Morgan fingerprint density at radius 3 is 1.17 bits per heavy atom. The van der Waals surface area contributed by atoms with E-state index in [1.165, 1.54) is 21.3 Å². The number of hydrogen-bond donors (Lipinski definition) is 0. The molecule has 0 bridgehead atoms. The molecule has 0 radical (unpaired) electrons. The molecule has 302 valence electrons. The molecule has 0 aromatic carbocycles. The van der Waals surface area contributed by atoms with E-state index in [0.29, 0.717) is 19.3 Å². The SMILES string of the molecule is C=C(COCOCCCC(=O)OCC(C)(COCOCCCC(=O)OCC(=C)C(=O)OC)COCOCCCC(=O)OCC(=C)C(=O)OC)C(=O)OC. The van der Waals surface area contributed by atoms with Gasteiger partial charge in [-0.2, -0.15) is 0 Å². The van der Waals surface area contributed by atoms with Gasteiger partial charge in [0.15, 0.2) is 0 Å². The number of esters is 6. The molecule has 18 nitrogen and oxygen atoms in total. The highest BCUT2D eigenvalue weighted by Crippen LogP contribution is 2.19. The molecule has 0 atom stereocenters. The minimum Gasteiger partial charge on any atom is -0.466 e. The Kier molecular flexibility index (Phi) is 27.9. The van der Waals surface area contributed by atoms with E-state index >= 15 is 0 Å². The van der Waals surface area contributed by atoms with E-state index in [2.05, 4.69) is 33.9 Å². The summed E-state index contributed by atoms with van der Waals surface area (Å²) in [6.07, 6.45) is 1.18. The van der Waals surface area contributed by atoms with Crippen LogP contribution < -0.4 is 0 Å². The molecule has 0 aromatic rings. The lowest BCUT2D eigenvalue weighted by molar-refractivity contribution is -0.160. The van der Waals surface area contributed by atoms with Crippen LogP contribution in [0.15, 0.2) is 36.5 Å². The van der Waals surface area contributed by atoms with Crippen molar-refractivity contribution in [3.63, 3.8) is 0 Å². The van der Waals surface area contributed by atoms with Gasteiger partial charge >= 0.3 is 35.8 Å². The maximum atomic E-state index is 12.4. The molecule has 0 saturated carbocycles. The molecular weight excluding hydrogens is 708 g/mol. The second kappa shape index (κ2) is 30.3. The summed E-state index contributed by atoms with van der Waals surface area (Å²) in [6.45, 7) is 12.0. The summed E-state index contributed by atoms with van der Waals surface area (Å²) < 4.78 is 61.5. The number of methoxy groups -OCH3 is 3. The van der Waals surface area contributed by atoms with Crippen molar-refractivity contribution in [1.29, 1.82) is 0 Å². The first-order valence-electron chi connectivity index (χ1n) is 16.5. The minimum absolute atomic E-state index is 0.0193. The van der Waals surface area contributed by atoms with Gasteiger partial charge in [-0.25, -0.2) is 14.4 Å². The Morgan fingerprint density at radius 1 is 0.453 bits per heavy atom. The van der Waals surface area contributed by atoms with Gasteiger partial charge in [0.2, 0.25) is 0 Å². The van der Waals surface area contributed by atoms with Gasteiger partial charge in [-0.15, -0.1) is 0 Å². The van der Waals surface area contributed by atoms with Gasteiger partial charge in [0.05, 0.1) is 57.9 Å². The molecule has 0 heterocycles. The Balaban J connectivity index is 4.59. The van der Waals surface area contributed by atoms with Crippen LogP contribution in [0.4, 0.5) is 0 Å². The quantitative estimate of drug-likeness (QED) is 0.0308.